The van der Waals surface area contributed by atoms with Gasteiger partial charge in [-0.1, -0.05) is 0 Å². The Balaban J connectivity index is 1.94. The van der Waals surface area contributed by atoms with Crippen LogP contribution in [-0.4, -0.2) is 28.8 Å². The molecule has 0 radical (unpaired) electrons. The number of piperidine rings is 1. The van der Waals surface area contributed by atoms with Crippen LogP contribution in [0.15, 0.2) is 24.5 Å². The van der Waals surface area contributed by atoms with Gasteiger partial charge in [-0.2, -0.15) is 0 Å². The number of likely N-dealkylation sites (tertiary alicyclic amines) is 1. The van der Waals surface area contributed by atoms with Crippen LogP contribution < -0.4 is 0 Å². The lowest BCUT2D eigenvalue weighted by Gasteiger charge is -2.25. The van der Waals surface area contributed by atoms with Crippen LogP contribution >= 0.6 is 0 Å². The van der Waals surface area contributed by atoms with E-state index in [-0.39, 0.29) is 0 Å². The van der Waals surface area contributed by atoms with E-state index in [2.05, 4.69) is 9.88 Å². The Labute approximate surface area is 83.8 Å². The summed E-state index contributed by atoms with van der Waals surface area (Å²) in [5.41, 5.74) is 1.23. The molecule has 0 bridgehead atoms. The molecular weight excluding hydrogens is 176 g/mol. The Bertz CT molecular complexity index is 310. The number of hydrogen-bond donors (Lipinski definition) is 0. The zero-order valence-corrected chi connectivity index (χ0v) is 8.15. The first-order valence-electron chi connectivity index (χ1n) is 4.97. The Hall–Kier alpha value is -1.22. The molecule has 1 aromatic heterocycles. The van der Waals surface area contributed by atoms with Crippen LogP contribution in [0.2, 0.25) is 0 Å². The topological polar surface area (TPSA) is 33.2 Å². The first kappa shape index (κ1) is 9.34. The van der Waals surface area contributed by atoms with Crippen LogP contribution in [0.3, 0.4) is 0 Å². The van der Waals surface area contributed by atoms with Gasteiger partial charge in [0.15, 0.2) is 0 Å². The second-order valence-electron chi connectivity index (χ2n) is 3.71. The van der Waals surface area contributed by atoms with Crippen LogP contribution in [-0.2, 0) is 11.3 Å². The highest BCUT2D eigenvalue weighted by atomic mass is 16.1. The summed E-state index contributed by atoms with van der Waals surface area (Å²) in [6, 6.07) is 4.00. The van der Waals surface area contributed by atoms with Gasteiger partial charge < -0.3 is 0 Å². The van der Waals surface area contributed by atoms with E-state index in [1.807, 2.05) is 12.1 Å². The van der Waals surface area contributed by atoms with Gasteiger partial charge in [0.1, 0.15) is 5.78 Å². The summed E-state index contributed by atoms with van der Waals surface area (Å²) in [4.78, 5) is 17.4. The molecule has 0 saturated carbocycles. The lowest BCUT2D eigenvalue weighted by molar-refractivity contribution is -0.122. The molecule has 1 aromatic rings. The molecule has 1 aliphatic heterocycles. The molecule has 0 atom stereocenters. The third-order valence-corrected chi connectivity index (χ3v) is 2.49. The number of ketones is 1. The lowest BCUT2D eigenvalue weighted by atomic mass is 10.1. The maximum Gasteiger partial charge on any atom is 0.146 e. The van der Waals surface area contributed by atoms with Crippen molar-refractivity contribution in [3.05, 3.63) is 30.1 Å². The molecule has 0 amide bonds. The summed E-state index contributed by atoms with van der Waals surface area (Å²) in [6.45, 7) is 2.52. The van der Waals surface area contributed by atoms with Gasteiger partial charge in [0.05, 0.1) is 6.54 Å². The van der Waals surface area contributed by atoms with Crippen molar-refractivity contribution in [1.82, 2.24) is 9.88 Å². The quantitative estimate of drug-likeness (QED) is 0.703. The first-order chi connectivity index (χ1) is 6.84. The molecule has 2 heterocycles. The summed E-state index contributed by atoms with van der Waals surface area (Å²) in [7, 11) is 0. The van der Waals surface area contributed by atoms with Gasteiger partial charge in [0.2, 0.25) is 0 Å². The number of pyridine rings is 1. The molecule has 1 aliphatic rings. The van der Waals surface area contributed by atoms with Crippen molar-refractivity contribution in [2.24, 2.45) is 0 Å². The molecule has 0 aliphatic carbocycles. The van der Waals surface area contributed by atoms with Crippen LogP contribution in [0, 0.1) is 0 Å². The Kier molecular flexibility index (Phi) is 2.89. The van der Waals surface area contributed by atoms with Crippen molar-refractivity contribution in [2.45, 2.75) is 19.4 Å². The molecule has 3 nitrogen and oxygen atoms in total. The van der Waals surface area contributed by atoms with Gasteiger partial charge in [-0.3, -0.25) is 14.7 Å². The fraction of sp³-hybridized carbons (Fsp3) is 0.455. The molecule has 1 saturated heterocycles. The average Bonchev–Trinajstić information content (AvgIpc) is 2.19. The smallest absolute Gasteiger partial charge is 0.146 e. The molecule has 14 heavy (non-hydrogen) atoms. The molecule has 2 rings (SSSR count). The number of nitrogens with zero attached hydrogens (tertiary/aromatic N) is 2. The number of hydrogen-bond acceptors (Lipinski definition) is 3. The number of Topliss-reactive ketones (excluding diaryl/α,β-unsaturated/α-hetero) is 1. The summed E-state index contributed by atoms with van der Waals surface area (Å²) in [6.07, 6.45) is 5.35. The molecule has 1 fully saturated rings. The van der Waals surface area contributed by atoms with Crippen molar-refractivity contribution in [2.75, 3.05) is 13.1 Å². The number of aromatic nitrogens is 1. The zero-order chi connectivity index (χ0) is 9.80. The zero-order valence-electron chi connectivity index (χ0n) is 8.15. The van der Waals surface area contributed by atoms with Crippen molar-refractivity contribution >= 4 is 5.78 Å². The lowest BCUT2D eigenvalue weighted by Crippen LogP contribution is -2.34. The van der Waals surface area contributed by atoms with E-state index in [0.29, 0.717) is 12.3 Å². The van der Waals surface area contributed by atoms with Crippen LogP contribution in [0.4, 0.5) is 0 Å². The number of carbonyl (C=O) groups excluding carboxylic acids is 1. The molecule has 0 N–H and O–H groups in total. The fourth-order valence-electron chi connectivity index (χ4n) is 1.79. The van der Waals surface area contributed by atoms with Gasteiger partial charge in [0, 0.05) is 25.4 Å². The van der Waals surface area contributed by atoms with E-state index in [1.54, 1.807) is 12.4 Å². The molecule has 74 valence electrons. The van der Waals surface area contributed by atoms with Crippen molar-refractivity contribution < 1.29 is 4.79 Å². The van der Waals surface area contributed by atoms with Crippen LogP contribution in [0.1, 0.15) is 18.4 Å². The highest BCUT2D eigenvalue weighted by Gasteiger charge is 2.16. The highest BCUT2D eigenvalue weighted by Crippen LogP contribution is 2.09. The van der Waals surface area contributed by atoms with Gasteiger partial charge in [0.25, 0.3) is 0 Å². The minimum Gasteiger partial charge on any atom is -0.298 e. The first-order valence-corrected chi connectivity index (χ1v) is 4.97. The van der Waals surface area contributed by atoms with Crippen molar-refractivity contribution in [1.29, 1.82) is 0 Å². The van der Waals surface area contributed by atoms with Gasteiger partial charge in [-0.15, -0.1) is 0 Å². The van der Waals surface area contributed by atoms with Crippen molar-refractivity contribution in [3.8, 4) is 0 Å². The summed E-state index contributed by atoms with van der Waals surface area (Å²) in [5, 5.41) is 0. The Morgan fingerprint density at radius 1 is 1.36 bits per heavy atom. The Morgan fingerprint density at radius 2 is 2.14 bits per heavy atom. The van der Waals surface area contributed by atoms with E-state index >= 15 is 0 Å². The maximum atomic E-state index is 11.2. The van der Waals surface area contributed by atoms with E-state index in [9.17, 15) is 4.79 Å². The monoisotopic (exact) mass is 190 g/mol. The third kappa shape index (κ3) is 2.39. The maximum absolute atomic E-state index is 11.2. The predicted molar refractivity (Wildman–Crippen MR) is 53.8 cm³/mol. The standard InChI is InChI=1S/C11H14N2O/c14-11-2-1-7-13(9-11)8-10-3-5-12-6-4-10/h3-6H,1-2,7-9H2. The summed E-state index contributed by atoms with van der Waals surface area (Å²) >= 11 is 0. The second-order valence-corrected chi connectivity index (χ2v) is 3.71. The van der Waals surface area contributed by atoms with E-state index in [1.165, 1.54) is 5.56 Å². The second kappa shape index (κ2) is 4.33. The third-order valence-electron chi connectivity index (χ3n) is 2.49. The molecular formula is C11H14N2O. The van der Waals surface area contributed by atoms with Crippen LogP contribution in [0.5, 0.6) is 0 Å². The minimum atomic E-state index is 0.366. The van der Waals surface area contributed by atoms with E-state index in [0.717, 1.165) is 25.9 Å². The fourth-order valence-corrected chi connectivity index (χ4v) is 1.79. The van der Waals surface area contributed by atoms with E-state index in [4.69, 9.17) is 0 Å². The normalized spacial score (nSPS) is 18.4. The van der Waals surface area contributed by atoms with Gasteiger partial charge in [-0.25, -0.2) is 0 Å². The minimum absolute atomic E-state index is 0.366. The highest BCUT2D eigenvalue weighted by molar-refractivity contribution is 5.81. The predicted octanol–water partition coefficient (Wildman–Crippen LogP) is 1.25. The molecule has 3 heteroatoms. The van der Waals surface area contributed by atoms with Gasteiger partial charge >= 0.3 is 0 Å². The van der Waals surface area contributed by atoms with E-state index < -0.39 is 0 Å². The van der Waals surface area contributed by atoms with Crippen molar-refractivity contribution in [3.63, 3.8) is 0 Å². The summed E-state index contributed by atoms with van der Waals surface area (Å²) < 4.78 is 0. The molecule has 0 unspecified atom stereocenters. The SMILES string of the molecule is O=C1CCCN(Cc2ccncc2)C1. The van der Waals surface area contributed by atoms with Gasteiger partial charge in [-0.05, 0) is 30.7 Å². The summed E-state index contributed by atoms with van der Waals surface area (Å²) in [5.74, 6) is 0.366. The Morgan fingerprint density at radius 3 is 2.86 bits per heavy atom. The van der Waals surface area contributed by atoms with Crippen LogP contribution in [0.25, 0.3) is 0 Å². The molecule has 0 aromatic carbocycles. The number of rotatable bonds is 2. The number of carbonyl (C=O) groups is 1. The molecule has 0 spiro atoms. The largest absolute Gasteiger partial charge is 0.298 e. The average molecular weight is 190 g/mol.